The third-order valence-electron chi connectivity index (χ3n) is 4.09. The zero-order valence-corrected chi connectivity index (χ0v) is 15.8. The zero-order chi connectivity index (χ0) is 19.9. The first-order valence-electron chi connectivity index (χ1n) is 7.84. The number of benzene rings is 1. The number of nitrogens with zero attached hydrogens (tertiary/aromatic N) is 2. The fraction of sp³-hybridized carbons (Fsp3) is 0.250. The molecule has 0 saturated heterocycles. The van der Waals surface area contributed by atoms with Crippen LogP contribution in [0.15, 0.2) is 34.5 Å². The van der Waals surface area contributed by atoms with Gasteiger partial charge in [0, 0.05) is 13.0 Å². The molecular formula is C16H16FN3O5S2. The first-order chi connectivity index (χ1) is 12.6. The van der Waals surface area contributed by atoms with Gasteiger partial charge in [0.05, 0.1) is 11.3 Å². The van der Waals surface area contributed by atoms with E-state index in [1.54, 1.807) is 0 Å². The molecule has 8 nitrogen and oxygen atoms in total. The topological polar surface area (TPSA) is 121 Å². The Balaban J connectivity index is 2.00. The van der Waals surface area contributed by atoms with E-state index in [4.69, 9.17) is 5.73 Å². The average Bonchev–Trinajstić information content (AvgIpc) is 3.37. The van der Waals surface area contributed by atoms with Crippen molar-refractivity contribution >= 4 is 43.9 Å². The van der Waals surface area contributed by atoms with Crippen LogP contribution in [0.3, 0.4) is 0 Å². The molecule has 0 bridgehead atoms. The third-order valence-corrected chi connectivity index (χ3v) is 7.43. The molecule has 0 atom stereocenters. The number of carbonyl (C=O) groups excluding carboxylic acids is 2. The van der Waals surface area contributed by atoms with Gasteiger partial charge in [0.1, 0.15) is 15.0 Å². The van der Waals surface area contributed by atoms with Crippen LogP contribution in [0.5, 0.6) is 0 Å². The van der Waals surface area contributed by atoms with E-state index in [1.807, 2.05) is 0 Å². The Bertz CT molecular complexity index is 1000. The van der Waals surface area contributed by atoms with Crippen molar-refractivity contribution in [2.45, 2.75) is 17.1 Å². The molecule has 144 valence electrons. The van der Waals surface area contributed by atoms with Gasteiger partial charge in [0.15, 0.2) is 0 Å². The quantitative estimate of drug-likeness (QED) is 0.554. The lowest BCUT2D eigenvalue weighted by Crippen LogP contribution is -2.29. The molecule has 11 heteroatoms. The van der Waals surface area contributed by atoms with Gasteiger partial charge in [-0.15, -0.1) is 11.3 Å². The lowest BCUT2D eigenvalue weighted by molar-refractivity contribution is -0.124. The molecular weight excluding hydrogens is 397 g/mol. The highest BCUT2D eigenvalue weighted by Crippen LogP contribution is 2.39. The number of halogens is 1. The molecule has 3 rings (SSSR count). The lowest BCUT2D eigenvalue weighted by atomic mass is 10.3. The Hall–Kier alpha value is -2.50. The van der Waals surface area contributed by atoms with Crippen molar-refractivity contribution in [2.75, 3.05) is 16.4 Å². The normalized spacial score (nSPS) is 14.0. The summed E-state index contributed by atoms with van der Waals surface area (Å²) in [4.78, 5) is 23.7. The van der Waals surface area contributed by atoms with Crippen molar-refractivity contribution in [2.24, 2.45) is 11.7 Å². The Morgan fingerprint density at radius 3 is 2.37 bits per heavy atom. The number of hydrogen-bond acceptors (Lipinski definition) is 6. The Kier molecular flexibility index (Phi) is 4.93. The molecule has 0 unspecified atom stereocenters. The number of amides is 2. The number of thiophene rings is 1. The van der Waals surface area contributed by atoms with Gasteiger partial charge >= 0.3 is 0 Å². The number of sulfonamides is 1. The number of hydrogen-bond donors (Lipinski definition) is 2. The number of hydroxylamine groups is 1. The first kappa shape index (κ1) is 19.3. The highest BCUT2D eigenvalue weighted by molar-refractivity contribution is 7.94. The Morgan fingerprint density at radius 2 is 1.85 bits per heavy atom. The second kappa shape index (κ2) is 6.91. The maximum Gasteiger partial charge on any atom is 0.273 e. The van der Waals surface area contributed by atoms with E-state index in [0.717, 1.165) is 22.5 Å². The summed E-state index contributed by atoms with van der Waals surface area (Å²) in [5.74, 6) is -2.46. The summed E-state index contributed by atoms with van der Waals surface area (Å²) in [6.45, 7) is 0. The van der Waals surface area contributed by atoms with Crippen molar-refractivity contribution in [3.63, 3.8) is 0 Å². The molecule has 1 saturated carbocycles. The first-order valence-corrected chi connectivity index (χ1v) is 10.1. The van der Waals surface area contributed by atoms with Crippen LogP contribution in [0.2, 0.25) is 0 Å². The van der Waals surface area contributed by atoms with Crippen molar-refractivity contribution in [3.05, 3.63) is 41.7 Å². The molecule has 0 radical (unpaired) electrons. The van der Waals surface area contributed by atoms with Crippen molar-refractivity contribution in [1.29, 1.82) is 0 Å². The SMILES string of the molecule is CN(c1ccc(F)cc1)S(=O)(=O)c1cc(C(N)=O)c(N(O)C(=O)C2CC2)s1. The molecule has 1 heterocycles. The van der Waals surface area contributed by atoms with Gasteiger partial charge < -0.3 is 5.73 Å². The minimum atomic E-state index is -4.13. The third kappa shape index (κ3) is 3.66. The van der Waals surface area contributed by atoms with Crippen molar-refractivity contribution in [1.82, 2.24) is 0 Å². The highest BCUT2D eigenvalue weighted by Gasteiger charge is 2.37. The summed E-state index contributed by atoms with van der Waals surface area (Å²) in [6.07, 6.45) is 1.23. The van der Waals surface area contributed by atoms with Crippen LogP contribution in [-0.4, -0.2) is 32.5 Å². The number of primary amides is 1. The minimum Gasteiger partial charge on any atom is -0.366 e. The summed E-state index contributed by atoms with van der Waals surface area (Å²) < 4.78 is 39.4. The summed E-state index contributed by atoms with van der Waals surface area (Å²) >= 11 is 0.553. The predicted molar refractivity (Wildman–Crippen MR) is 96.8 cm³/mol. The molecule has 1 aromatic heterocycles. The van der Waals surface area contributed by atoms with Gasteiger partial charge in [-0.25, -0.2) is 12.8 Å². The van der Waals surface area contributed by atoms with Gasteiger partial charge in [-0.05, 0) is 43.2 Å². The Labute approximate surface area is 158 Å². The van der Waals surface area contributed by atoms with Crippen LogP contribution in [0.25, 0.3) is 0 Å². The number of nitrogens with two attached hydrogens (primary N) is 1. The minimum absolute atomic E-state index is 0.196. The molecule has 2 aromatic rings. The number of rotatable bonds is 6. The fourth-order valence-electron chi connectivity index (χ4n) is 2.35. The molecule has 2 amide bonds. The van der Waals surface area contributed by atoms with E-state index in [-0.39, 0.29) is 26.4 Å². The molecule has 0 spiro atoms. The van der Waals surface area contributed by atoms with Crippen LogP contribution >= 0.6 is 11.3 Å². The van der Waals surface area contributed by atoms with Crippen molar-refractivity contribution < 1.29 is 27.6 Å². The standard InChI is InChI=1S/C16H16FN3O5S2/c1-19(11-6-4-10(17)5-7-11)27(24,25)13-8-12(14(18)21)16(26-13)20(23)15(22)9-2-3-9/h4-9,23H,2-3H2,1H3,(H2,18,21). The highest BCUT2D eigenvalue weighted by atomic mass is 32.2. The second-order valence-electron chi connectivity index (χ2n) is 6.02. The van der Waals surface area contributed by atoms with Crippen LogP contribution < -0.4 is 15.1 Å². The van der Waals surface area contributed by atoms with Crippen LogP contribution in [-0.2, 0) is 14.8 Å². The average molecular weight is 413 g/mol. The molecule has 1 aliphatic carbocycles. The van der Waals surface area contributed by atoms with Crippen LogP contribution in [0, 0.1) is 11.7 Å². The van der Waals surface area contributed by atoms with E-state index < -0.39 is 27.7 Å². The maximum absolute atomic E-state index is 13.1. The van der Waals surface area contributed by atoms with Crippen LogP contribution in [0.1, 0.15) is 23.2 Å². The number of anilines is 2. The van der Waals surface area contributed by atoms with Gasteiger partial charge in [0.25, 0.3) is 21.8 Å². The monoisotopic (exact) mass is 413 g/mol. The van der Waals surface area contributed by atoms with E-state index in [2.05, 4.69) is 0 Å². The fourth-order valence-corrected chi connectivity index (χ4v) is 5.09. The van der Waals surface area contributed by atoms with E-state index >= 15 is 0 Å². The summed E-state index contributed by atoms with van der Waals surface area (Å²) in [5.41, 5.74) is 5.19. The van der Waals surface area contributed by atoms with E-state index in [1.165, 1.54) is 19.2 Å². The van der Waals surface area contributed by atoms with Gasteiger partial charge in [0.2, 0.25) is 0 Å². The zero-order valence-electron chi connectivity index (χ0n) is 14.1. The smallest absolute Gasteiger partial charge is 0.273 e. The second-order valence-corrected chi connectivity index (χ2v) is 9.25. The largest absolute Gasteiger partial charge is 0.366 e. The molecule has 1 aliphatic rings. The van der Waals surface area contributed by atoms with Crippen molar-refractivity contribution in [3.8, 4) is 0 Å². The van der Waals surface area contributed by atoms with Crippen LogP contribution in [0.4, 0.5) is 15.1 Å². The summed E-state index contributed by atoms with van der Waals surface area (Å²) in [6, 6.07) is 5.80. The maximum atomic E-state index is 13.1. The molecule has 1 aromatic carbocycles. The molecule has 0 aliphatic heterocycles. The lowest BCUT2D eigenvalue weighted by Gasteiger charge is -2.18. The molecule has 1 fully saturated rings. The summed E-state index contributed by atoms with van der Waals surface area (Å²) in [7, 11) is -2.87. The van der Waals surface area contributed by atoms with Gasteiger partial charge in [-0.2, -0.15) is 5.06 Å². The molecule has 27 heavy (non-hydrogen) atoms. The van der Waals surface area contributed by atoms with E-state index in [9.17, 15) is 27.6 Å². The summed E-state index contributed by atoms with van der Waals surface area (Å²) in [5, 5.41) is 10.2. The number of carbonyl (C=O) groups is 2. The van der Waals surface area contributed by atoms with Gasteiger partial charge in [-0.1, -0.05) is 0 Å². The van der Waals surface area contributed by atoms with E-state index in [0.29, 0.717) is 29.2 Å². The Morgan fingerprint density at radius 1 is 1.26 bits per heavy atom. The van der Waals surface area contributed by atoms with Gasteiger partial charge in [-0.3, -0.25) is 19.1 Å². The molecule has 3 N–H and O–H groups in total. The predicted octanol–water partition coefficient (Wildman–Crippen LogP) is 1.94.